The summed E-state index contributed by atoms with van der Waals surface area (Å²) in [5.74, 6) is -1.52. The Morgan fingerprint density at radius 3 is 2.43 bits per heavy atom. The predicted molar refractivity (Wildman–Crippen MR) is 81.6 cm³/mol. The van der Waals surface area contributed by atoms with Crippen molar-refractivity contribution in [3.05, 3.63) is 35.9 Å². The fourth-order valence-electron chi connectivity index (χ4n) is 2.38. The normalized spacial score (nSPS) is 15.0. The molecule has 0 radical (unpaired) electrons. The molecule has 1 aromatic rings. The number of nitrogens with zero attached hydrogens (tertiary/aromatic N) is 1. The number of carbonyl (C=O) groups is 3. The molecule has 1 aromatic carbocycles. The summed E-state index contributed by atoms with van der Waals surface area (Å²) in [6.07, 6.45) is 0.734. The number of rotatable bonds is 6. The molecule has 0 bridgehead atoms. The van der Waals surface area contributed by atoms with Crippen LogP contribution in [0.4, 0.5) is 4.79 Å². The second-order valence-corrected chi connectivity index (χ2v) is 5.39. The molecule has 23 heavy (non-hydrogen) atoms. The van der Waals surface area contributed by atoms with E-state index in [0.717, 1.165) is 18.4 Å². The van der Waals surface area contributed by atoms with Crippen molar-refractivity contribution in [1.82, 2.24) is 10.2 Å². The quantitative estimate of drug-likeness (QED) is 0.825. The molecule has 1 aliphatic heterocycles. The second kappa shape index (κ2) is 8.17. The third kappa shape index (κ3) is 5.28. The number of benzene rings is 1. The number of nitrogens with one attached hydrogen (secondary N) is 1. The van der Waals surface area contributed by atoms with Gasteiger partial charge in [0.05, 0.1) is 6.42 Å². The fraction of sp³-hybridized carbons (Fsp3) is 0.438. The molecule has 7 nitrogen and oxygen atoms in total. The Balaban J connectivity index is 1.82. The molecular formula is C16H20N2O5. The molecule has 0 spiro atoms. The molecule has 0 saturated carbocycles. The first kappa shape index (κ1) is 16.8. The minimum atomic E-state index is -1.29. The first-order valence-electron chi connectivity index (χ1n) is 7.54. The van der Waals surface area contributed by atoms with E-state index in [1.807, 2.05) is 18.2 Å². The van der Waals surface area contributed by atoms with E-state index in [1.165, 1.54) is 0 Å². The van der Waals surface area contributed by atoms with Crippen LogP contribution in [0.15, 0.2) is 30.3 Å². The van der Waals surface area contributed by atoms with Crippen molar-refractivity contribution in [3.63, 3.8) is 0 Å². The Kier molecular flexibility index (Phi) is 5.96. The van der Waals surface area contributed by atoms with Gasteiger partial charge in [0.2, 0.25) is 5.91 Å². The van der Waals surface area contributed by atoms with E-state index in [2.05, 4.69) is 5.32 Å². The molecule has 1 fully saturated rings. The number of aliphatic carboxylic acids is 1. The summed E-state index contributed by atoms with van der Waals surface area (Å²) in [4.78, 5) is 36.5. The number of hydrogen-bond donors (Lipinski definition) is 2. The summed E-state index contributed by atoms with van der Waals surface area (Å²) < 4.78 is 4.98. The van der Waals surface area contributed by atoms with Crippen molar-refractivity contribution in [3.8, 4) is 0 Å². The van der Waals surface area contributed by atoms with E-state index in [-0.39, 0.29) is 18.9 Å². The van der Waals surface area contributed by atoms with Crippen LogP contribution >= 0.6 is 0 Å². The van der Waals surface area contributed by atoms with Crippen LogP contribution < -0.4 is 5.32 Å². The Morgan fingerprint density at radius 2 is 1.83 bits per heavy atom. The lowest BCUT2D eigenvalue weighted by Crippen LogP contribution is -2.44. The Bertz CT molecular complexity index is 555. The maximum absolute atomic E-state index is 12.0. The molecule has 7 heteroatoms. The van der Waals surface area contributed by atoms with E-state index in [0.29, 0.717) is 13.1 Å². The monoisotopic (exact) mass is 320 g/mol. The lowest BCUT2D eigenvalue weighted by atomic mass is 10.2. The van der Waals surface area contributed by atoms with Gasteiger partial charge in [0, 0.05) is 13.1 Å². The van der Waals surface area contributed by atoms with Crippen LogP contribution in [0, 0.1) is 0 Å². The maximum atomic E-state index is 12.0. The summed E-state index contributed by atoms with van der Waals surface area (Å²) in [5.41, 5.74) is 0.794. The van der Waals surface area contributed by atoms with Gasteiger partial charge in [0.1, 0.15) is 12.6 Å². The van der Waals surface area contributed by atoms with Gasteiger partial charge in [-0.3, -0.25) is 4.79 Å². The van der Waals surface area contributed by atoms with Gasteiger partial charge in [-0.25, -0.2) is 9.59 Å². The van der Waals surface area contributed by atoms with Crippen molar-refractivity contribution in [2.75, 3.05) is 13.1 Å². The first-order valence-corrected chi connectivity index (χ1v) is 7.54. The van der Waals surface area contributed by atoms with Gasteiger partial charge >= 0.3 is 12.1 Å². The average Bonchev–Trinajstić information content (AvgIpc) is 3.07. The molecule has 0 aromatic heterocycles. The highest BCUT2D eigenvalue weighted by atomic mass is 16.5. The van der Waals surface area contributed by atoms with Gasteiger partial charge in [-0.15, -0.1) is 0 Å². The van der Waals surface area contributed by atoms with Gasteiger partial charge in [-0.2, -0.15) is 0 Å². The smallest absolute Gasteiger partial charge is 0.408 e. The largest absolute Gasteiger partial charge is 0.480 e. The lowest BCUT2D eigenvalue weighted by Gasteiger charge is -2.19. The predicted octanol–water partition coefficient (Wildman–Crippen LogP) is 1.38. The van der Waals surface area contributed by atoms with E-state index in [1.54, 1.807) is 17.0 Å². The number of carboxylic acid groups (broad SMARTS) is 1. The average molecular weight is 320 g/mol. The number of ether oxygens (including phenoxy) is 1. The van der Waals surface area contributed by atoms with Gasteiger partial charge in [-0.05, 0) is 18.4 Å². The van der Waals surface area contributed by atoms with Crippen molar-refractivity contribution in [2.45, 2.75) is 31.9 Å². The number of hydrogen-bond acceptors (Lipinski definition) is 4. The van der Waals surface area contributed by atoms with Crippen molar-refractivity contribution < 1.29 is 24.2 Å². The summed E-state index contributed by atoms with van der Waals surface area (Å²) >= 11 is 0. The zero-order valence-electron chi connectivity index (χ0n) is 12.7. The second-order valence-electron chi connectivity index (χ2n) is 5.39. The number of likely N-dealkylation sites (tertiary alicyclic amines) is 1. The minimum Gasteiger partial charge on any atom is -0.480 e. The van der Waals surface area contributed by atoms with Gasteiger partial charge in [0.25, 0.3) is 0 Å². The number of carboxylic acids is 1. The zero-order chi connectivity index (χ0) is 16.7. The molecule has 1 saturated heterocycles. The van der Waals surface area contributed by atoms with Crippen LogP contribution in [0.1, 0.15) is 24.8 Å². The van der Waals surface area contributed by atoms with Crippen molar-refractivity contribution >= 4 is 18.0 Å². The molecule has 1 atom stereocenters. The van der Waals surface area contributed by atoms with Crippen LogP contribution in [0.25, 0.3) is 0 Å². The molecule has 2 N–H and O–H groups in total. The molecule has 0 aliphatic carbocycles. The molecule has 124 valence electrons. The zero-order valence-corrected chi connectivity index (χ0v) is 12.7. The summed E-state index contributed by atoms with van der Waals surface area (Å²) in [6.45, 7) is 1.33. The van der Waals surface area contributed by atoms with Crippen LogP contribution in [-0.4, -0.2) is 47.1 Å². The highest BCUT2D eigenvalue weighted by molar-refractivity contribution is 5.87. The van der Waals surface area contributed by atoms with Crippen LogP contribution in [-0.2, 0) is 20.9 Å². The Labute approximate surface area is 134 Å². The maximum Gasteiger partial charge on any atom is 0.408 e. The lowest BCUT2D eigenvalue weighted by molar-refractivity contribution is -0.143. The number of carbonyl (C=O) groups excluding carboxylic acids is 2. The molecular weight excluding hydrogens is 300 g/mol. The Morgan fingerprint density at radius 1 is 1.17 bits per heavy atom. The highest BCUT2D eigenvalue weighted by Crippen LogP contribution is 2.10. The van der Waals surface area contributed by atoms with Gasteiger partial charge in [0.15, 0.2) is 0 Å². The van der Waals surface area contributed by atoms with E-state index >= 15 is 0 Å². The number of amides is 2. The van der Waals surface area contributed by atoms with Crippen LogP contribution in [0.5, 0.6) is 0 Å². The first-order chi connectivity index (χ1) is 11.1. The molecule has 1 heterocycles. The molecule has 1 aliphatic rings. The van der Waals surface area contributed by atoms with E-state index in [9.17, 15) is 14.4 Å². The topological polar surface area (TPSA) is 95.9 Å². The fourth-order valence-corrected chi connectivity index (χ4v) is 2.38. The van der Waals surface area contributed by atoms with Gasteiger partial charge in [-0.1, -0.05) is 30.3 Å². The minimum absolute atomic E-state index is 0.0408. The summed E-state index contributed by atoms with van der Waals surface area (Å²) in [6, 6.07) is 7.76. The van der Waals surface area contributed by atoms with Gasteiger partial charge < -0.3 is 20.1 Å². The van der Waals surface area contributed by atoms with Crippen LogP contribution in [0.2, 0.25) is 0 Å². The van der Waals surface area contributed by atoms with E-state index in [4.69, 9.17) is 9.84 Å². The molecule has 2 amide bonds. The highest BCUT2D eigenvalue weighted by Gasteiger charge is 2.27. The summed E-state index contributed by atoms with van der Waals surface area (Å²) in [5, 5.41) is 11.4. The van der Waals surface area contributed by atoms with Crippen LogP contribution in [0.3, 0.4) is 0 Å². The molecule has 2 rings (SSSR count). The standard InChI is InChI=1S/C16H20N2O5/c19-14(18-8-4-5-9-18)10-13(15(20)21)17-16(22)23-11-12-6-2-1-3-7-12/h1-3,6-7,13H,4-5,8-11H2,(H,17,22)(H,20,21). The van der Waals surface area contributed by atoms with E-state index < -0.39 is 18.1 Å². The molecule has 1 unspecified atom stereocenters. The SMILES string of the molecule is O=C(NC(CC(=O)N1CCCC1)C(=O)O)OCc1ccccc1. The van der Waals surface area contributed by atoms with Crippen molar-refractivity contribution in [2.24, 2.45) is 0 Å². The van der Waals surface area contributed by atoms with Crippen molar-refractivity contribution in [1.29, 1.82) is 0 Å². The third-order valence-electron chi connectivity index (χ3n) is 3.64. The third-order valence-corrected chi connectivity index (χ3v) is 3.64. The number of alkyl carbamates (subject to hydrolysis) is 1. The Hall–Kier alpha value is -2.57. The summed E-state index contributed by atoms with van der Waals surface area (Å²) in [7, 11) is 0.